The molecule has 0 aromatic heterocycles. The van der Waals surface area contributed by atoms with Crippen LogP contribution < -0.4 is 5.73 Å². The SMILES string of the molecule is CCC(C)(C(N)c1cccc(CC(C)C)c1)N(C)C. The Morgan fingerprint density at radius 1 is 1.26 bits per heavy atom. The van der Waals surface area contributed by atoms with Crippen LogP contribution in [0.5, 0.6) is 0 Å². The lowest BCUT2D eigenvalue weighted by Gasteiger charge is -2.41. The number of nitrogens with two attached hydrogens (primary N) is 1. The first-order valence-corrected chi connectivity index (χ1v) is 7.33. The molecule has 0 heterocycles. The van der Waals surface area contributed by atoms with Crippen molar-refractivity contribution in [1.82, 2.24) is 4.90 Å². The molecule has 0 amide bonds. The maximum atomic E-state index is 6.54. The fraction of sp³-hybridized carbons (Fsp3) is 0.647. The molecule has 1 aromatic rings. The lowest BCUT2D eigenvalue weighted by Crippen LogP contribution is -2.49. The Kier molecular flexibility index (Phi) is 5.57. The first kappa shape index (κ1) is 16.2. The van der Waals surface area contributed by atoms with Crippen LogP contribution in [0.4, 0.5) is 0 Å². The molecule has 108 valence electrons. The first-order chi connectivity index (χ1) is 8.81. The highest BCUT2D eigenvalue weighted by Gasteiger charge is 2.33. The third-order valence-electron chi connectivity index (χ3n) is 4.36. The highest BCUT2D eigenvalue weighted by molar-refractivity contribution is 5.28. The fourth-order valence-electron chi connectivity index (χ4n) is 2.56. The molecule has 0 bridgehead atoms. The van der Waals surface area contributed by atoms with Gasteiger partial charge in [0, 0.05) is 11.6 Å². The van der Waals surface area contributed by atoms with E-state index < -0.39 is 0 Å². The van der Waals surface area contributed by atoms with Crippen LogP contribution >= 0.6 is 0 Å². The van der Waals surface area contributed by atoms with Crippen LogP contribution in [0.3, 0.4) is 0 Å². The van der Waals surface area contributed by atoms with Gasteiger partial charge in [0.05, 0.1) is 0 Å². The van der Waals surface area contributed by atoms with Gasteiger partial charge in [0.25, 0.3) is 0 Å². The van der Waals surface area contributed by atoms with Gasteiger partial charge < -0.3 is 10.6 Å². The Hall–Kier alpha value is -0.860. The average molecular weight is 262 g/mol. The van der Waals surface area contributed by atoms with E-state index in [-0.39, 0.29) is 11.6 Å². The van der Waals surface area contributed by atoms with Crippen molar-refractivity contribution in [3.05, 3.63) is 35.4 Å². The predicted molar refractivity (Wildman–Crippen MR) is 84.3 cm³/mol. The van der Waals surface area contributed by atoms with Crippen LogP contribution in [0.2, 0.25) is 0 Å². The second-order valence-electron chi connectivity index (χ2n) is 6.43. The van der Waals surface area contributed by atoms with E-state index in [0.717, 1.165) is 12.8 Å². The van der Waals surface area contributed by atoms with E-state index in [1.807, 2.05) is 0 Å². The summed E-state index contributed by atoms with van der Waals surface area (Å²) >= 11 is 0. The standard InChI is InChI=1S/C17H30N2/c1-7-17(4,19(5)6)16(18)15-10-8-9-14(12-15)11-13(2)3/h8-10,12-13,16H,7,11,18H2,1-6H3. The van der Waals surface area contributed by atoms with Crippen molar-refractivity contribution < 1.29 is 0 Å². The molecule has 2 N–H and O–H groups in total. The molecule has 1 aromatic carbocycles. The summed E-state index contributed by atoms with van der Waals surface area (Å²) in [5, 5.41) is 0. The van der Waals surface area contributed by atoms with Crippen LogP contribution in [-0.4, -0.2) is 24.5 Å². The molecule has 0 aliphatic carbocycles. The fourth-order valence-corrected chi connectivity index (χ4v) is 2.56. The predicted octanol–water partition coefficient (Wildman–Crippen LogP) is 3.62. The average Bonchev–Trinajstić information content (AvgIpc) is 2.36. The third-order valence-corrected chi connectivity index (χ3v) is 4.36. The van der Waals surface area contributed by atoms with Crippen molar-refractivity contribution in [2.75, 3.05) is 14.1 Å². The Balaban J connectivity index is 3.02. The minimum Gasteiger partial charge on any atom is -0.322 e. The molecule has 0 fully saturated rings. The zero-order valence-corrected chi connectivity index (χ0v) is 13.4. The van der Waals surface area contributed by atoms with E-state index >= 15 is 0 Å². The second kappa shape index (κ2) is 6.53. The van der Waals surface area contributed by atoms with Crippen molar-refractivity contribution in [2.24, 2.45) is 11.7 Å². The zero-order valence-electron chi connectivity index (χ0n) is 13.4. The Labute approximate surface area is 119 Å². The summed E-state index contributed by atoms with van der Waals surface area (Å²) in [6, 6.07) is 8.82. The number of benzene rings is 1. The zero-order chi connectivity index (χ0) is 14.6. The highest BCUT2D eigenvalue weighted by atomic mass is 15.2. The molecule has 19 heavy (non-hydrogen) atoms. The summed E-state index contributed by atoms with van der Waals surface area (Å²) in [7, 11) is 4.22. The summed E-state index contributed by atoms with van der Waals surface area (Å²) in [5.41, 5.74) is 9.17. The van der Waals surface area contributed by atoms with Crippen LogP contribution in [0.15, 0.2) is 24.3 Å². The molecule has 0 aliphatic rings. The van der Waals surface area contributed by atoms with Crippen LogP contribution in [0.25, 0.3) is 0 Å². The van der Waals surface area contributed by atoms with Crippen LogP contribution in [0.1, 0.15) is 51.3 Å². The van der Waals surface area contributed by atoms with Gasteiger partial charge in [-0.25, -0.2) is 0 Å². The van der Waals surface area contributed by atoms with E-state index in [0.29, 0.717) is 5.92 Å². The number of hydrogen-bond acceptors (Lipinski definition) is 2. The van der Waals surface area contributed by atoms with Crippen molar-refractivity contribution in [3.8, 4) is 0 Å². The highest BCUT2D eigenvalue weighted by Crippen LogP contribution is 2.31. The molecular formula is C17H30N2. The number of likely N-dealkylation sites (N-methyl/N-ethyl adjacent to an activating group) is 1. The monoisotopic (exact) mass is 262 g/mol. The van der Waals surface area contributed by atoms with Crippen LogP contribution in [0, 0.1) is 5.92 Å². The maximum Gasteiger partial charge on any atom is 0.0479 e. The Morgan fingerprint density at radius 2 is 1.89 bits per heavy atom. The molecule has 0 spiro atoms. The van der Waals surface area contributed by atoms with Gasteiger partial charge >= 0.3 is 0 Å². The van der Waals surface area contributed by atoms with Gasteiger partial charge in [-0.2, -0.15) is 0 Å². The van der Waals surface area contributed by atoms with Gasteiger partial charge in [-0.1, -0.05) is 45.0 Å². The van der Waals surface area contributed by atoms with E-state index in [4.69, 9.17) is 5.73 Å². The molecule has 2 heteroatoms. The molecular weight excluding hydrogens is 232 g/mol. The molecule has 0 saturated heterocycles. The van der Waals surface area contributed by atoms with Crippen molar-refractivity contribution in [1.29, 1.82) is 0 Å². The maximum absolute atomic E-state index is 6.54. The number of rotatable bonds is 6. The molecule has 0 saturated carbocycles. The molecule has 2 nitrogen and oxygen atoms in total. The van der Waals surface area contributed by atoms with Gasteiger partial charge in [0.15, 0.2) is 0 Å². The van der Waals surface area contributed by atoms with Gasteiger partial charge in [-0.05, 0) is 50.9 Å². The quantitative estimate of drug-likeness (QED) is 0.848. The molecule has 2 unspecified atom stereocenters. The molecule has 1 rings (SSSR count). The van der Waals surface area contributed by atoms with E-state index in [1.54, 1.807) is 0 Å². The molecule has 0 radical (unpaired) electrons. The summed E-state index contributed by atoms with van der Waals surface area (Å²) in [5.74, 6) is 0.679. The van der Waals surface area contributed by atoms with Crippen LogP contribution in [-0.2, 0) is 6.42 Å². The van der Waals surface area contributed by atoms with Gasteiger partial charge in [-0.3, -0.25) is 0 Å². The van der Waals surface area contributed by atoms with Crippen molar-refractivity contribution >= 4 is 0 Å². The summed E-state index contributed by atoms with van der Waals surface area (Å²) in [6.07, 6.45) is 2.15. The minimum absolute atomic E-state index is 0.00352. The number of hydrogen-bond donors (Lipinski definition) is 1. The van der Waals surface area contributed by atoms with E-state index in [1.165, 1.54) is 11.1 Å². The van der Waals surface area contributed by atoms with Gasteiger partial charge in [0.1, 0.15) is 0 Å². The summed E-state index contributed by atoms with van der Waals surface area (Å²) in [4.78, 5) is 2.24. The lowest BCUT2D eigenvalue weighted by atomic mass is 9.83. The van der Waals surface area contributed by atoms with E-state index in [9.17, 15) is 0 Å². The second-order valence-corrected chi connectivity index (χ2v) is 6.43. The molecule has 0 aliphatic heterocycles. The topological polar surface area (TPSA) is 29.3 Å². The van der Waals surface area contributed by atoms with Gasteiger partial charge in [-0.15, -0.1) is 0 Å². The first-order valence-electron chi connectivity index (χ1n) is 7.33. The normalized spacial score (nSPS) is 16.7. The van der Waals surface area contributed by atoms with Crippen molar-refractivity contribution in [2.45, 2.75) is 52.1 Å². The Bertz CT molecular complexity index is 398. The lowest BCUT2D eigenvalue weighted by molar-refractivity contribution is 0.132. The summed E-state index contributed by atoms with van der Waals surface area (Å²) in [6.45, 7) is 8.95. The number of nitrogens with zero attached hydrogens (tertiary/aromatic N) is 1. The van der Waals surface area contributed by atoms with Gasteiger partial charge in [0.2, 0.25) is 0 Å². The molecule has 2 atom stereocenters. The van der Waals surface area contributed by atoms with E-state index in [2.05, 4.69) is 71.0 Å². The third kappa shape index (κ3) is 3.80. The minimum atomic E-state index is -0.00352. The summed E-state index contributed by atoms with van der Waals surface area (Å²) < 4.78 is 0. The van der Waals surface area contributed by atoms with Crippen molar-refractivity contribution in [3.63, 3.8) is 0 Å². The largest absolute Gasteiger partial charge is 0.322 e. The Morgan fingerprint density at radius 3 is 2.37 bits per heavy atom. The smallest absolute Gasteiger partial charge is 0.0479 e.